The molecular formula is C13H20O3. The summed E-state index contributed by atoms with van der Waals surface area (Å²) in [6.07, 6.45) is 9.18. The van der Waals surface area contributed by atoms with Crippen molar-refractivity contribution < 1.29 is 14.6 Å². The van der Waals surface area contributed by atoms with E-state index in [1.54, 1.807) is 0 Å². The van der Waals surface area contributed by atoms with Gasteiger partial charge < -0.3 is 14.6 Å². The molecular weight excluding hydrogens is 204 g/mol. The first-order valence-electron chi connectivity index (χ1n) is 6.47. The number of aliphatic hydroxyl groups is 1. The predicted molar refractivity (Wildman–Crippen MR) is 60.0 cm³/mol. The summed E-state index contributed by atoms with van der Waals surface area (Å²) in [4.78, 5) is 0. The molecule has 0 radical (unpaired) electrons. The molecule has 1 N–H and O–H groups in total. The molecule has 3 nitrogen and oxygen atoms in total. The Morgan fingerprint density at radius 3 is 2.38 bits per heavy atom. The summed E-state index contributed by atoms with van der Waals surface area (Å²) in [6, 6.07) is 0. The SMILES string of the molecule is OC1(C2=CCCCC23OCCO3)CCCC1. The first kappa shape index (κ1) is 10.8. The number of hydrogen-bond donors (Lipinski definition) is 1. The van der Waals surface area contributed by atoms with Gasteiger partial charge in [-0.15, -0.1) is 0 Å². The molecule has 0 amide bonds. The molecule has 2 fully saturated rings. The van der Waals surface area contributed by atoms with Crippen molar-refractivity contribution in [2.45, 2.75) is 56.3 Å². The molecule has 0 aromatic rings. The van der Waals surface area contributed by atoms with Gasteiger partial charge in [0.2, 0.25) is 0 Å². The third-order valence-corrected chi connectivity index (χ3v) is 4.15. The lowest BCUT2D eigenvalue weighted by molar-refractivity contribution is -0.155. The van der Waals surface area contributed by atoms with E-state index < -0.39 is 11.4 Å². The van der Waals surface area contributed by atoms with E-state index in [-0.39, 0.29) is 0 Å². The van der Waals surface area contributed by atoms with Crippen LogP contribution in [-0.4, -0.2) is 29.7 Å². The van der Waals surface area contributed by atoms with Crippen LogP contribution in [0.5, 0.6) is 0 Å². The number of rotatable bonds is 1. The van der Waals surface area contributed by atoms with Gasteiger partial charge in [0.25, 0.3) is 0 Å². The molecule has 1 aliphatic heterocycles. The van der Waals surface area contributed by atoms with Crippen molar-refractivity contribution >= 4 is 0 Å². The maximum atomic E-state index is 10.7. The van der Waals surface area contributed by atoms with Gasteiger partial charge in [0.15, 0.2) is 5.79 Å². The third-order valence-electron chi connectivity index (χ3n) is 4.15. The number of hydrogen-bond acceptors (Lipinski definition) is 3. The minimum Gasteiger partial charge on any atom is -0.385 e. The Hall–Kier alpha value is -0.380. The summed E-state index contributed by atoms with van der Waals surface area (Å²) in [5.41, 5.74) is 0.381. The van der Waals surface area contributed by atoms with E-state index in [0.29, 0.717) is 13.2 Å². The van der Waals surface area contributed by atoms with Crippen LogP contribution in [0, 0.1) is 0 Å². The zero-order chi connectivity index (χ0) is 11.1. The molecule has 3 aliphatic rings. The largest absolute Gasteiger partial charge is 0.385 e. The van der Waals surface area contributed by atoms with Crippen molar-refractivity contribution in [3.63, 3.8) is 0 Å². The van der Waals surface area contributed by atoms with Crippen LogP contribution in [0.2, 0.25) is 0 Å². The first-order chi connectivity index (χ1) is 7.75. The van der Waals surface area contributed by atoms with Gasteiger partial charge >= 0.3 is 0 Å². The highest BCUT2D eigenvalue weighted by Crippen LogP contribution is 2.47. The molecule has 0 atom stereocenters. The van der Waals surface area contributed by atoms with Crippen LogP contribution in [-0.2, 0) is 9.47 Å². The second-order valence-corrected chi connectivity index (χ2v) is 5.20. The molecule has 16 heavy (non-hydrogen) atoms. The van der Waals surface area contributed by atoms with Crippen molar-refractivity contribution in [2.75, 3.05) is 13.2 Å². The van der Waals surface area contributed by atoms with E-state index >= 15 is 0 Å². The molecule has 3 heteroatoms. The van der Waals surface area contributed by atoms with Crippen LogP contribution in [0.4, 0.5) is 0 Å². The smallest absolute Gasteiger partial charge is 0.193 e. The summed E-state index contributed by atoms with van der Waals surface area (Å²) in [7, 11) is 0. The lowest BCUT2D eigenvalue weighted by Crippen LogP contribution is -2.45. The van der Waals surface area contributed by atoms with E-state index in [1.807, 2.05) is 0 Å². The Bertz CT molecular complexity index is 296. The highest BCUT2D eigenvalue weighted by molar-refractivity contribution is 5.29. The second kappa shape index (κ2) is 3.83. The molecule has 90 valence electrons. The van der Waals surface area contributed by atoms with Gasteiger partial charge in [-0.3, -0.25) is 0 Å². The maximum absolute atomic E-state index is 10.7. The predicted octanol–water partition coefficient (Wildman–Crippen LogP) is 2.14. The van der Waals surface area contributed by atoms with Crippen LogP contribution in [0.3, 0.4) is 0 Å². The van der Waals surface area contributed by atoms with Crippen molar-refractivity contribution in [1.82, 2.24) is 0 Å². The molecule has 1 spiro atoms. The third kappa shape index (κ3) is 1.53. The second-order valence-electron chi connectivity index (χ2n) is 5.20. The van der Waals surface area contributed by atoms with E-state index in [9.17, 15) is 5.11 Å². The fourth-order valence-corrected chi connectivity index (χ4v) is 3.40. The number of ether oxygens (including phenoxy) is 2. The summed E-state index contributed by atoms with van der Waals surface area (Å²) < 4.78 is 11.6. The van der Waals surface area contributed by atoms with E-state index in [1.165, 1.54) is 0 Å². The molecule has 0 unspecified atom stereocenters. The minimum atomic E-state index is -0.648. The summed E-state index contributed by atoms with van der Waals surface area (Å²) >= 11 is 0. The van der Waals surface area contributed by atoms with Crippen LogP contribution in [0.1, 0.15) is 44.9 Å². The van der Waals surface area contributed by atoms with Crippen LogP contribution in [0.25, 0.3) is 0 Å². The van der Waals surface area contributed by atoms with Gasteiger partial charge in [-0.1, -0.05) is 18.9 Å². The molecule has 1 heterocycles. The van der Waals surface area contributed by atoms with Gasteiger partial charge in [-0.05, 0) is 25.7 Å². The van der Waals surface area contributed by atoms with E-state index in [0.717, 1.165) is 50.5 Å². The van der Waals surface area contributed by atoms with Crippen molar-refractivity contribution in [3.8, 4) is 0 Å². The Morgan fingerprint density at radius 2 is 1.69 bits per heavy atom. The van der Waals surface area contributed by atoms with Crippen molar-refractivity contribution in [1.29, 1.82) is 0 Å². The zero-order valence-electron chi connectivity index (χ0n) is 9.71. The lowest BCUT2D eigenvalue weighted by Gasteiger charge is -2.40. The standard InChI is InChI=1S/C13H20O3/c14-12(6-3-4-7-12)11-5-1-2-8-13(11)15-9-10-16-13/h5,14H,1-4,6-10H2. The van der Waals surface area contributed by atoms with E-state index in [2.05, 4.69) is 6.08 Å². The Balaban J connectivity index is 1.93. The number of allylic oxidation sites excluding steroid dienone is 1. The lowest BCUT2D eigenvalue weighted by atomic mass is 9.80. The summed E-state index contributed by atoms with van der Waals surface area (Å²) in [5, 5.41) is 10.7. The Labute approximate surface area is 96.4 Å². The highest BCUT2D eigenvalue weighted by atomic mass is 16.7. The van der Waals surface area contributed by atoms with Gasteiger partial charge in [0.05, 0.1) is 18.8 Å². The van der Waals surface area contributed by atoms with Gasteiger partial charge in [-0.25, -0.2) is 0 Å². The molecule has 2 aliphatic carbocycles. The van der Waals surface area contributed by atoms with E-state index in [4.69, 9.17) is 9.47 Å². The van der Waals surface area contributed by atoms with Crippen LogP contribution >= 0.6 is 0 Å². The average molecular weight is 224 g/mol. The fraction of sp³-hybridized carbons (Fsp3) is 0.846. The first-order valence-corrected chi connectivity index (χ1v) is 6.47. The summed E-state index contributed by atoms with van der Waals surface area (Å²) in [6.45, 7) is 1.32. The molecule has 1 saturated heterocycles. The normalized spacial score (nSPS) is 31.9. The topological polar surface area (TPSA) is 38.7 Å². The zero-order valence-corrected chi connectivity index (χ0v) is 9.71. The molecule has 0 bridgehead atoms. The van der Waals surface area contributed by atoms with Crippen LogP contribution < -0.4 is 0 Å². The molecule has 0 aromatic heterocycles. The van der Waals surface area contributed by atoms with Gasteiger partial charge in [-0.2, -0.15) is 0 Å². The molecule has 0 aromatic carbocycles. The quantitative estimate of drug-likeness (QED) is 0.694. The van der Waals surface area contributed by atoms with Crippen LogP contribution in [0.15, 0.2) is 11.6 Å². The minimum absolute atomic E-state index is 0.572. The van der Waals surface area contributed by atoms with Gasteiger partial charge in [0, 0.05) is 12.0 Å². The Kier molecular flexibility index (Phi) is 2.57. The maximum Gasteiger partial charge on any atom is 0.193 e. The summed E-state index contributed by atoms with van der Waals surface area (Å²) in [5.74, 6) is -0.572. The fourth-order valence-electron chi connectivity index (χ4n) is 3.40. The Morgan fingerprint density at radius 1 is 1.00 bits per heavy atom. The highest BCUT2D eigenvalue weighted by Gasteiger charge is 2.50. The monoisotopic (exact) mass is 224 g/mol. The average Bonchev–Trinajstić information content (AvgIpc) is 2.90. The van der Waals surface area contributed by atoms with Crippen molar-refractivity contribution in [3.05, 3.63) is 11.6 Å². The van der Waals surface area contributed by atoms with Crippen molar-refractivity contribution in [2.24, 2.45) is 0 Å². The molecule has 1 saturated carbocycles. The van der Waals surface area contributed by atoms with Gasteiger partial charge in [0.1, 0.15) is 0 Å². The molecule has 3 rings (SSSR count).